The Morgan fingerprint density at radius 2 is 1.82 bits per heavy atom. The molecule has 0 saturated heterocycles. The van der Waals surface area contributed by atoms with E-state index in [0.717, 1.165) is 16.7 Å². The lowest BCUT2D eigenvalue weighted by Gasteiger charge is -2.14. The number of methoxy groups -OCH3 is 1. The molecule has 34 heavy (non-hydrogen) atoms. The van der Waals surface area contributed by atoms with Crippen LogP contribution in [0.4, 0.5) is 0 Å². The molecular weight excluding hydrogens is 452 g/mol. The Kier molecular flexibility index (Phi) is 7.18. The van der Waals surface area contributed by atoms with Gasteiger partial charge in [-0.2, -0.15) is 0 Å². The van der Waals surface area contributed by atoms with E-state index in [4.69, 9.17) is 25.6 Å². The van der Waals surface area contributed by atoms with Crippen molar-refractivity contribution in [1.29, 1.82) is 0 Å². The molecule has 0 spiro atoms. The third-order valence-electron chi connectivity index (χ3n) is 5.37. The predicted octanol–water partition coefficient (Wildman–Crippen LogP) is 6.31. The number of ether oxygens (including phenoxy) is 2. The minimum absolute atomic E-state index is 0.188. The number of carbonyl (C=O) groups is 1. The molecule has 0 saturated carbocycles. The molecule has 1 heterocycles. The lowest BCUT2D eigenvalue weighted by molar-refractivity contribution is 0.0947. The summed E-state index contributed by atoms with van der Waals surface area (Å²) in [7, 11) is 1.60. The van der Waals surface area contributed by atoms with Crippen LogP contribution in [-0.4, -0.2) is 24.7 Å². The molecule has 0 aliphatic heterocycles. The molecule has 0 atom stereocenters. The van der Waals surface area contributed by atoms with Gasteiger partial charge in [-0.25, -0.2) is 0 Å². The zero-order valence-electron chi connectivity index (χ0n) is 19.2. The number of aromatic nitrogens is 1. The number of hydrogen-bond donors (Lipinski definition) is 1. The molecule has 4 rings (SSSR count). The minimum Gasteiger partial charge on any atom is -0.497 e. The molecule has 3 aromatic carbocycles. The van der Waals surface area contributed by atoms with Crippen LogP contribution in [0.1, 0.15) is 28.5 Å². The molecule has 0 unspecified atom stereocenters. The summed E-state index contributed by atoms with van der Waals surface area (Å²) >= 11 is 6.50. The first-order valence-electron chi connectivity index (χ1n) is 10.9. The summed E-state index contributed by atoms with van der Waals surface area (Å²) in [5.74, 6) is 1.36. The average Bonchev–Trinajstić information content (AvgIpc) is 3.30. The maximum absolute atomic E-state index is 12.8. The predicted molar refractivity (Wildman–Crippen MR) is 132 cm³/mol. The fourth-order valence-corrected chi connectivity index (χ4v) is 3.75. The van der Waals surface area contributed by atoms with Gasteiger partial charge in [-0.05, 0) is 54.8 Å². The topological polar surface area (TPSA) is 73.6 Å². The summed E-state index contributed by atoms with van der Waals surface area (Å²) < 4.78 is 17.2. The van der Waals surface area contributed by atoms with Crippen molar-refractivity contribution in [2.24, 2.45) is 0 Å². The van der Waals surface area contributed by atoms with Gasteiger partial charge in [-0.15, -0.1) is 0 Å². The summed E-state index contributed by atoms with van der Waals surface area (Å²) in [6.45, 7) is 4.59. The van der Waals surface area contributed by atoms with Crippen molar-refractivity contribution in [1.82, 2.24) is 10.5 Å². The second-order valence-corrected chi connectivity index (χ2v) is 8.10. The fraction of sp³-hybridized carbons (Fsp3) is 0.185. The summed E-state index contributed by atoms with van der Waals surface area (Å²) in [5.41, 5.74) is 4.00. The number of benzene rings is 3. The van der Waals surface area contributed by atoms with Gasteiger partial charge in [0.25, 0.3) is 5.91 Å². The van der Waals surface area contributed by atoms with Gasteiger partial charge in [0.1, 0.15) is 18.1 Å². The van der Waals surface area contributed by atoms with Crippen LogP contribution < -0.4 is 14.8 Å². The van der Waals surface area contributed by atoms with Crippen LogP contribution in [0.2, 0.25) is 5.02 Å². The second-order valence-electron chi connectivity index (χ2n) is 7.70. The Balaban J connectivity index is 1.84. The van der Waals surface area contributed by atoms with E-state index < -0.39 is 0 Å². The number of amides is 1. The monoisotopic (exact) mass is 476 g/mol. The number of hydrogen-bond acceptors (Lipinski definition) is 5. The summed E-state index contributed by atoms with van der Waals surface area (Å²) in [5, 5.41) is 7.48. The normalized spacial score (nSPS) is 10.7. The van der Waals surface area contributed by atoms with E-state index in [1.807, 2.05) is 74.5 Å². The van der Waals surface area contributed by atoms with Crippen molar-refractivity contribution < 1.29 is 18.8 Å². The molecule has 4 aromatic rings. The van der Waals surface area contributed by atoms with E-state index in [0.29, 0.717) is 46.6 Å². The van der Waals surface area contributed by atoms with Crippen molar-refractivity contribution in [3.8, 4) is 33.9 Å². The molecule has 174 valence electrons. The first kappa shape index (κ1) is 23.4. The lowest BCUT2D eigenvalue weighted by Crippen LogP contribution is -2.23. The van der Waals surface area contributed by atoms with Crippen LogP contribution in [0.25, 0.3) is 22.5 Å². The van der Waals surface area contributed by atoms with Gasteiger partial charge in [0.2, 0.25) is 0 Å². The Morgan fingerprint density at radius 1 is 1.09 bits per heavy atom. The Morgan fingerprint density at radius 3 is 2.50 bits per heavy atom. The van der Waals surface area contributed by atoms with Gasteiger partial charge >= 0.3 is 0 Å². The van der Waals surface area contributed by atoms with Gasteiger partial charge in [0, 0.05) is 11.6 Å². The molecular formula is C27H25ClN2O4. The van der Waals surface area contributed by atoms with Crippen LogP contribution in [0.15, 0.2) is 71.3 Å². The summed E-state index contributed by atoms with van der Waals surface area (Å²) in [6, 6.07) is 20.9. The van der Waals surface area contributed by atoms with Gasteiger partial charge in [-0.1, -0.05) is 59.2 Å². The molecule has 0 aliphatic rings. The van der Waals surface area contributed by atoms with Gasteiger partial charge in [0.15, 0.2) is 11.5 Å². The fourth-order valence-electron chi connectivity index (χ4n) is 3.59. The highest BCUT2D eigenvalue weighted by Gasteiger charge is 2.26. The number of halogens is 1. The Labute approximate surface area is 203 Å². The van der Waals surface area contributed by atoms with Gasteiger partial charge < -0.3 is 19.3 Å². The molecule has 0 bridgehead atoms. The Hall–Kier alpha value is -3.77. The minimum atomic E-state index is -0.326. The smallest absolute Gasteiger partial charge is 0.274 e. The van der Waals surface area contributed by atoms with E-state index in [2.05, 4.69) is 10.5 Å². The largest absolute Gasteiger partial charge is 0.497 e. The molecule has 1 amide bonds. The van der Waals surface area contributed by atoms with Crippen molar-refractivity contribution in [2.75, 3.05) is 13.7 Å². The van der Waals surface area contributed by atoms with Gasteiger partial charge in [-0.3, -0.25) is 4.79 Å². The number of nitrogens with zero attached hydrogens (tertiary/aromatic N) is 1. The van der Waals surface area contributed by atoms with Gasteiger partial charge in [0.05, 0.1) is 18.2 Å². The van der Waals surface area contributed by atoms with Crippen LogP contribution in [0, 0.1) is 6.92 Å². The standard InChI is InChI=1S/C27H25ClN2O4/c1-4-29-27(31)25-24(19-10-12-20(32-3)13-11-19)26(34-30-25)21-15-22(28)17(2)14-23(21)33-16-18-8-6-5-7-9-18/h5-15H,4,16H2,1-3H3,(H,29,31). The van der Waals surface area contributed by atoms with Crippen LogP contribution >= 0.6 is 11.6 Å². The maximum Gasteiger partial charge on any atom is 0.274 e. The number of nitrogens with one attached hydrogen (secondary N) is 1. The van der Waals surface area contributed by atoms with Crippen molar-refractivity contribution in [3.05, 3.63) is 88.6 Å². The van der Waals surface area contributed by atoms with Crippen LogP contribution in [0.3, 0.4) is 0 Å². The van der Waals surface area contributed by atoms with Crippen molar-refractivity contribution in [2.45, 2.75) is 20.5 Å². The molecule has 7 heteroatoms. The highest BCUT2D eigenvalue weighted by molar-refractivity contribution is 6.31. The van der Waals surface area contributed by atoms with E-state index >= 15 is 0 Å². The average molecular weight is 477 g/mol. The number of rotatable bonds is 8. The molecule has 0 fully saturated rings. The van der Waals surface area contributed by atoms with E-state index in [1.54, 1.807) is 13.2 Å². The SMILES string of the molecule is CCNC(=O)c1noc(-c2cc(Cl)c(C)cc2OCc2ccccc2)c1-c1ccc(OC)cc1. The van der Waals surface area contributed by atoms with E-state index in [9.17, 15) is 4.79 Å². The maximum atomic E-state index is 12.8. The van der Waals surface area contributed by atoms with E-state index in [-0.39, 0.29) is 11.6 Å². The van der Waals surface area contributed by atoms with Crippen molar-refractivity contribution in [3.63, 3.8) is 0 Å². The van der Waals surface area contributed by atoms with Crippen molar-refractivity contribution >= 4 is 17.5 Å². The zero-order chi connectivity index (χ0) is 24.1. The summed E-state index contributed by atoms with van der Waals surface area (Å²) in [6.07, 6.45) is 0. The quantitative estimate of drug-likeness (QED) is 0.322. The highest BCUT2D eigenvalue weighted by Crippen LogP contribution is 2.42. The lowest BCUT2D eigenvalue weighted by atomic mass is 9.97. The molecule has 1 N–H and O–H groups in total. The third kappa shape index (κ3) is 4.92. The number of aryl methyl sites for hydroxylation is 1. The number of carbonyl (C=O) groups excluding carboxylic acids is 1. The van der Waals surface area contributed by atoms with E-state index in [1.165, 1.54) is 0 Å². The zero-order valence-corrected chi connectivity index (χ0v) is 20.0. The molecule has 0 aliphatic carbocycles. The highest BCUT2D eigenvalue weighted by atomic mass is 35.5. The third-order valence-corrected chi connectivity index (χ3v) is 5.77. The van der Waals surface area contributed by atoms with Crippen LogP contribution in [-0.2, 0) is 6.61 Å². The molecule has 6 nitrogen and oxygen atoms in total. The van der Waals surface area contributed by atoms with Crippen LogP contribution in [0.5, 0.6) is 11.5 Å². The second kappa shape index (κ2) is 10.4. The molecule has 1 aromatic heterocycles. The first-order valence-corrected chi connectivity index (χ1v) is 11.3. The molecule has 0 radical (unpaired) electrons. The Bertz CT molecular complexity index is 1280. The summed E-state index contributed by atoms with van der Waals surface area (Å²) in [4.78, 5) is 12.8. The first-order chi connectivity index (χ1) is 16.5.